The average Bonchev–Trinajstić information content (AvgIpc) is 2.84. The fourth-order valence-electron chi connectivity index (χ4n) is 2.33. The van der Waals surface area contributed by atoms with Gasteiger partial charge in [0.15, 0.2) is 0 Å². The lowest BCUT2D eigenvalue weighted by molar-refractivity contribution is -0.124. The predicted octanol–water partition coefficient (Wildman–Crippen LogP) is 2.26. The average molecular weight is 248 g/mol. The van der Waals surface area contributed by atoms with Gasteiger partial charge in [-0.1, -0.05) is 0 Å². The van der Waals surface area contributed by atoms with Crippen LogP contribution in [0, 0.1) is 11.8 Å². The Balaban J connectivity index is 1.66. The maximum atomic E-state index is 11.7. The van der Waals surface area contributed by atoms with Gasteiger partial charge < -0.3 is 5.32 Å². The third-order valence-corrected chi connectivity index (χ3v) is 4.90. The fourth-order valence-corrected chi connectivity index (χ4v) is 3.93. The number of alkyl halides is 1. The van der Waals surface area contributed by atoms with Crippen LogP contribution in [0.15, 0.2) is 0 Å². The molecule has 1 aliphatic carbocycles. The number of carbonyl (C=O) groups is 1. The summed E-state index contributed by atoms with van der Waals surface area (Å²) in [5.74, 6) is 3.30. The molecule has 3 atom stereocenters. The molecule has 15 heavy (non-hydrogen) atoms. The van der Waals surface area contributed by atoms with Crippen LogP contribution in [0.5, 0.6) is 0 Å². The molecule has 1 saturated carbocycles. The molecule has 1 aliphatic heterocycles. The molecule has 1 saturated heterocycles. The summed E-state index contributed by atoms with van der Waals surface area (Å²) in [5, 5.41) is 3.42. The van der Waals surface area contributed by atoms with E-state index in [9.17, 15) is 4.79 Å². The first-order valence-electron chi connectivity index (χ1n) is 5.75. The van der Waals surface area contributed by atoms with E-state index in [1.165, 1.54) is 6.42 Å². The molecule has 3 unspecified atom stereocenters. The van der Waals surface area contributed by atoms with E-state index in [4.69, 9.17) is 11.6 Å². The van der Waals surface area contributed by atoms with Crippen molar-refractivity contribution in [3.05, 3.63) is 0 Å². The third kappa shape index (κ3) is 3.28. The largest absolute Gasteiger partial charge is 0.356 e. The molecule has 1 N–H and O–H groups in total. The standard InChI is InChI=1S/C11H18ClNOS/c12-10-2-1-8(5-10)6-13-11(14)9-3-4-15-7-9/h8-10H,1-7H2,(H,13,14). The highest BCUT2D eigenvalue weighted by Crippen LogP contribution is 2.29. The van der Waals surface area contributed by atoms with Crippen molar-refractivity contribution in [3.63, 3.8) is 0 Å². The monoisotopic (exact) mass is 247 g/mol. The quantitative estimate of drug-likeness (QED) is 0.776. The second kappa shape index (κ2) is 5.44. The lowest BCUT2D eigenvalue weighted by Gasteiger charge is -2.13. The molecule has 2 aliphatic rings. The number of carbonyl (C=O) groups excluding carboxylic acids is 1. The van der Waals surface area contributed by atoms with Gasteiger partial charge in [-0.05, 0) is 37.4 Å². The van der Waals surface area contributed by atoms with E-state index in [1.807, 2.05) is 11.8 Å². The first kappa shape index (κ1) is 11.6. The van der Waals surface area contributed by atoms with Crippen LogP contribution in [-0.4, -0.2) is 29.3 Å². The second-order valence-corrected chi connectivity index (χ2v) is 6.35. The van der Waals surface area contributed by atoms with Crippen LogP contribution in [0.2, 0.25) is 0 Å². The van der Waals surface area contributed by atoms with Gasteiger partial charge in [0.2, 0.25) is 5.91 Å². The molecular weight excluding hydrogens is 230 g/mol. The van der Waals surface area contributed by atoms with Gasteiger partial charge in [-0.3, -0.25) is 4.79 Å². The Kier molecular flexibility index (Phi) is 4.21. The van der Waals surface area contributed by atoms with Crippen molar-refractivity contribution >= 4 is 29.3 Å². The van der Waals surface area contributed by atoms with Crippen molar-refractivity contribution in [1.29, 1.82) is 0 Å². The zero-order valence-electron chi connectivity index (χ0n) is 8.88. The normalized spacial score (nSPS) is 35.7. The number of amides is 1. The van der Waals surface area contributed by atoms with Crippen LogP contribution in [0.1, 0.15) is 25.7 Å². The highest BCUT2D eigenvalue weighted by Gasteiger charge is 2.26. The molecule has 2 fully saturated rings. The molecule has 1 amide bonds. The number of hydrogen-bond acceptors (Lipinski definition) is 2. The lowest BCUT2D eigenvalue weighted by Crippen LogP contribution is -2.34. The molecule has 0 aromatic rings. The van der Waals surface area contributed by atoms with Crippen molar-refractivity contribution in [2.24, 2.45) is 11.8 Å². The minimum atomic E-state index is 0.262. The Labute approximate surface area is 101 Å². The van der Waals surface area contributed by atoms with Crippen molar-refractivity contribution in [3.8, 4) is 0 Å². The van der Waals surface area contributed by atoms with Crippen molar-refractivity contribution in [1.82, 2.24) is 5.32 Å². The summed E-state index contributed by atoms with van der Waals surface area (Å²) in [6.07, 6.45) is 4.41. The van der Waals surface area contributed by atoms with Gasteiger partial charge in [0.05, 0.1) is 0 Å². The summed E-state index contributed by atoms with van der Waals surface area (Å²) < 4.78 is 0. The molecule has 0 spiro atoms. The zero-order valence-corrected chi connectivity index (χ0v) is 10.4. The SMILES string of the molecule is O=C(NCC1CCC(Cl)C1)C1CCSC1. The van der Waals surface area contributed by atoms with Gasteiger partial charge in [0, 0.05) is 23.6 Å². The van der Waals surface area contributed by atoms with E-state index in [-0.39, 0.29) is 11.8 Å². The highest BCUT2D eigenvalue weighted by molar-refractivity contribution is 7.99. The number of hydrogen-bond donors (Lipinski definition) is 1. The molecule has 2 nitrogen and oxygen atoms in total. The number of nitrogens with one attached hydrogen (secondary N) is 1. The van der Waals surface area contributed by atoms with Crippen molar-refractivity contribution in [2.45, 2.75) is 31.1 Å². The minimum Gasteiger partial charge on any atom is -0.356 e. The van der Waals surface area contributed by atoms with E-state index in [0.717, 1.165) is 37.3 Å². The summed E-state index contributed by atoms with van der Waals surface area (Å²) in [5.41, 5.74) is 0. The summed E-state index contributed by atoms with van der Waals surface area (Å²) >= 11 is 7.92. The molecule has 0 aromatic heterocycles. The summed E-state index contributed by atoms with van der Waals surface area (Å²) in [6, 6.07) is 0. The molecule has 0 aromatic carbocycles. The second-order valence-electron chi connectivity index (χ2n) is 4.58. The Morgan fingerprint density at radius 2 is 2.27 bits per heavy atom. The fraction of sp³-hybridized carbons (Fsp3) is 0.909. The van der Waals surface area contributed by atoms with Crippen LogP contribution in [0.3, 0.4) is 0 Å². The third-order valence-electron chi connectivity index (χ3n) is 3.34. The van der Waals surface area contributed by atoms with Crippen LogP contribution >= 0.6 is 23.4 Å². The Hall–Kier alpha value is 0.110. The van der Waals surface area contributed by atoms with Crippen LogP contribution < -0.4 is 5.32 Å². The van der Waals surface area contributed by atoms with Gasteiger partial charge in [0.1, 0.15) is 0 Å². The Bertz CT molecular complexity index is 231. The maximum absolute atomic E-state index is 11.7. The molecular formula is C11H18ClNOS. The summed E-state index contributed by atoms with van der Waals surface area (Å²) in [4.78, 5) is 11.7. The molecule has 0 radical (unpaired) electrons. The van der Waals surface area contributed by atoms with E-state index >= 15 is 0 Å². The van der Waals surface area contributed by atoms with E-state index in [2.05, 4.69) is 5.32 Å². The highest BCUT2D eigenvalue weighted by atomic mass is 35.5. The van der Waals surface area contributed by atoms with Crippen LogP contribution in [0.25, 0.3) is 0 Å². The first-order chi connectivity index (χ1) is 7.25. The number of rotatable bonds is 3. The molecule has 2 rings (SSSR count). The van der Waals surface area contributed by atoms with Gasteiger partial charge in [-0.15, -0.1) is 11.6 Å². The van der Waals surface area contributed by atoms with Gasteiger partial charge in [0.25, 0.3) is 0 Å². The van der Waals surface area contributed by atoms with Gasteiger partial charge >= 0.3 is 0 Å². The Morgan fingerprint density at radius 1 is 1.40 bits per heavy atom. The van der Waals surface area contributed by atoms with Gasteiger partial charge in [-0.25, -0.2) is 0 Å². The van der Waals surface area contributed by atoms with Crippen LogP contribution in [0.4, 0.5) is 0 Å². The predicted molar refractivity (Wildman–Crippen MR) is 65.4 cm³/mol. The summed E-state index contributed by atoms with van der Waals surface area (Å²) in [6.45, 7) is 0.837. The zero-order chi connectivity index (χ0) is 10.7. The molecule has 4 heteroatoms. The maximum Gasteiger partial charge on any atom is 0.223 e. The number of thioether (sulfide) groups is 1. The van der Waals surface area contributed by atoms with E-state index in [0.29, 0.717) is 11.3 Å². The molecule has 86 valence electrons. The molecule has 1 heterocycles. The Morgan fingerprint density at radius 3 is 2.87 bits per heavy atom. The topological polar surface area (TPSA) is 29.1 Å². The van der Waals surface area contributed by atoms with E-state index < -0.39 is 0 Å². The summed E-state index contributed by atoms with van der Waals surface area (Å²) in [7, 11) is 0. The van der Waals surface area contributed by atoms with Crippen molar-refractivity contribution in [2.75, 3.05) is 18.1 Å². The minimum absolute atomic E-state index is 0.262. The first-order valence-corrected chi connectivity index (χ1v) is 7.34. The number of halogens is 1. The van der Waals surface area contributed by atoms with Crippen molar-refractivity contribution < 1.29 is 4.79 Å². The van der Waals surface area contributed by atoms with Crippen LogP contribution in [-0.2, 0) is 4.79 Å². The lowest BCUT2D eigenvalue weighted by atomic mass is 10.1. The molecule has 0 bridgehead atoms. The van der Waals surface area contributed by atoms with Gasteiger partial charge in [-0.2, -0.15) is 11.8 Å². The van der Waals surface area contributed by atoms with E-state index in [1.54, 1.807) is 0 Å². The smallest absolute Gasteiger partial charge is 0.223 e.